The van der Waals surface area contributed by atoms with Crippen LogP contribution >= 0.6 is 0 Å². The Bertz CT molecular complexity index is 1060. The first-order chi connectivity index (χ1) is 15.6. The summed E-state index contributed by atoms with van der Waals surface area (Å²) in [6.07, 6.45) is -4.65. The lowest BCUT2D eigenvalue weighted by Gasteiger charge is -2.33. The highest BCUT2D eigenvalue weighted by atomic mass is 19.4. The summed E-state index contributed by atoms with van der Waals surface area (Å²) < 4.78 is 40.8. The molecule has 33 heavy (non-hydrogen) atoms. The predicted octanol–water partition coefficient (Wildman–Crippen LogP) is 1.98. The smallest absolute Gasteiger partial charge is 0.363 e. The highest BCUT2D eigenvalue weighted by Gasteiger charge is 2.40. The van der Waals surface area contributed by atoms with Gasteiger partial charge in [-0.3, -0.25) is 19.2 Å². The number of hydrogen-bond donors (Lipinski definition) is 2. The molecule has 0 bridgehead atoms. The fourth-order valence-electron chi connectivity index (χ4n) is 3.81. The summed E-state index contributed by atoms with van der Waals surface area (Å²) in [5, 5.41) is 2.47. The number of amides is 3. The van der Waals surface area contributed by atoms with E-state index in [2.05, 4.69) is 5.32 Å². The van der Waals surface area contributed by atoms with Crippen molar-refractivity contribution in [1.82, 2.24) is 10.2 Å². The molecule has 2 aromatic carbocycles. The standard InChI is InChI=1S/C23H22F3N3O4/c24-23(25,26)16-9-5-4-8-15(16)13-29(22(33)17-10-11-19(30)28-17)18(20(31)21(27)32)12-14-6-2-1-3-7-14/h1-9,17-18H,10-13H2,(H2,27,32)(H,28,30)/t17-,18?/m1/s1. The van der Waals surface area contributed by atoms with Crippen molar-refractivity contribution in [2.45, 2.75) is 44.1 Å². The van der Waals surface area contributed by atoms with E-state index in [1.165, 1.54) is 18.2 Å². The van der Waals surface area contributed by atoms with Crippen molar-refractivity contribution in [3.63, 3.8) is 0 Å². The minimum absolute atomic E-state index is 0.0660. The number of carbonyl (C=O) groups is 4. The topological polar surface area (TPSA) is 110 Å². The largest absolute Gasteiger partial charge is 0.416 e. The Morgan fingerprint density at radius 1 is 1.06 bits per heavy atom. The van der Waals surface area contributed by atoms with Crippen LogP contribution in [0.3, 0.4) is 0 Å². The van der Waals surface area contributed by atoms with Crippen LogP contribution in [0.1, 0.15) is 29.5 Å². The van der Waals surface area contributed by atoms with Gasteiger partial charge in [0.1, 0.15) is 12.1 Å². The van der Waals surface area contributed by atoms with Gasteiger partial charge in [0.15, 0.2) is 0 Å². The summed E-state index contributed by atoms with van der Waals surface area (Å²) in [6, 6.07) is 10.6. The van der Waals surface area contributed by atoms with Crippen LogP contribution in [0.25, 0.3) is 0 Å². The van der Waals surface area contributed by atoms with Crippen LogP contribution < -0.4 is 11.1 Å². The first-order valence-corrected chi connectivity index (χ1v) is 10.2. The Balaban J connectivity index is 2.06. The highest BCUT2D eigenvalue weighted by molar-refractivity contribution is 6.37. The number of halogens is 3. The van der Waals surface area contributed by atoms with Crippen molar-refractivity contribution in [2.24, 2.45) is 5.73 Å². The summed E-state index contributed by atoms with van der Waals surface area (Å²) in [6.45, 7) is -0.600. The van der Waals surface area contributed by atoms with Gasteiger partial charge < -0.3 is 16.0 Å². The molecule has 10 heteroatoms. The van der Waals surface area contributed by atoms with Gasteiger partial charge in [-0.1, -0.05) is 48.5 Å². The third-order valence-corrected chi connectivity index (χ3v) is 5.43. The molecule has 0 aromatic heterocycles. The van der Waals surface area contributed by atoms with E-state index in [1.807, 2.05) is 0 Å². The van der Waals surface area contributed by atoms with Gasteiger partial charge in [-0.2, -0.15) is 13.2 Å². The van der Waals surface area contributed by atoms with Gasteiger partial charge in [0.25, 0.3) is 5.91 Å². The van der Waals surface area contributed by atoms with E-state index in [1.54, 1.807) is 30.3 Å². The molecule has 0 spiro atoms. The van der Waals surface area contributed by atoms with Crippen LogP contribution in [0.15, 0.2) is 54.6 Å². The van der Waals surface area contributed by atoms with E-state index in [4.69, 9.17) is 5.73 Å². The molecular formula is C23H22F3N3O4. The number of benzene rings is 2. The normalized spacial score (nSPS) is 16.7. The monoisotopic (exact) mass is 461 g/mol. The minimum Gasteiger partial charge on any atom is -0.363 e. The molecule has 1 aliphatic heterocycles. The molecule has 7 nitrogen and oxygen atoms in total. The molecule has 0 radical (unpaired) electrons. The third kappa shape index (κ3) is 5.76. The Labute approximate surface area is 187 Å². The van der Waals surface area contributed by atoms with Crippen LogP contribution in [0.4, 0.5) is 13.2 Å². The van der Waals surface area contributed by atoms with E-state index in [0.29, 0.717) is 5.56 Å². The van der Waals surface area contributed by atoms with Gasteiger partial charge >= 0.3 is 6.18 Å². The van der Waals surface area contributed by atoms with Crippen molar-refractivity contribution in [3.8, 4) is 0 Å². The number of primary amides is 1. The molecular weight excluding hydrogens is 439 g/mol. The van der Waals surface area contributed by atoms with Crippen molar-refractivity contribution in [2.75, 3.05) is 0 Å². The summed E-state index contributed by atoms with van der Waals surface area (Å²) >= 11 is 0. The Hall–Kier alpha value is -3.69. The summed E-state index contributed by atoms with van der Waals surface area (Å²) in [7, 11) is 0. The second kappa shape index (κ2) is 9.85. The summed E-state index contributed by atoms with van der Waals surface area (Å²) in [4.78, 5) is 50.5. The van der Waals surface area contributed by atoms with E-state index in [-0.39, 0.29) is 30.7 Å². The SMILES string of the molecule is NC(=O)C(=O)C(Cc1ccccc1)N(Cc1ccccc1C(F)(F)F)C(=O)[C@H]1CCC(=O)N1. The maximum absolute atomic E-state index is 13.6. The predicted molar refractivity (Wildman–Crippen MR) is 111 cm³/mol. The lowest BCUT2D eigenvalue weighted by Crippen LogP contribution is -2.54. The molecule has 0 saturated carbocycles. The molecule has 1 heterocycles. The number of Topliss-reactive ketones (excluding diaryl/α,β-unsaturated/α-hetero) is 1. The van der Waals surface area contributed by atoms with Crippen molar-refractivity contribution >= 4 is 23.5 Å². The number of nitrogens with zero attached hydrogens (tertiary/aromatic N) is 1. The molecule has 1 unspecified atom stereocenters. The van der Waals surface area contributed by atoms with Crippen LogP contribution in [0.5, 0.6) is 0 Å². The zero-order valence-corrected chi connectivity index (χ0v) is 17.5. The number of carbonyl (C=O) groups excluding carboxylic acids is 4. The number of ketones is 1. The van der Waals surface area contributed by atoms with E-state index >= 15 is 0 Å². The molecule has 2 aromatic rings. The molecule has 3 rings (SSSR count). The number of rotatable bonds is 8. The van der Waals surface area contributed by atoms with E-state index in [9.17, 15) is 32.3 Å². The van der Waals surface area contributed by atoms with E-state index < -0.39 is 48.0 Å². The van der Waals surface area contributed by atoms with Crippen LogP contribution in [-0.2, 0) is 38.3 Å². The molecule has 2 atom stereocenters. The molecule has 1 saturated heterocycles. The van der Waals surface area contributed by atoms with E-state index in [0.717, 1.165) is 11.0 Å². The number of nitrogens with two attached hydrogens (primary N) is 1. The van der Waals surface area contributed by atoms with Gasteiger partial charge in [0, 0.05) is 19.4 Å². The quantitative estimate of drug-likeness (QED) is 0.586. The second-order valence-electron chi connectivity index (χ2n) is 7.71. The highest BCUT2D eigenvalue weighted by Crippen LogP contribution is 2.33. The lowest BCUT2D eigenvalue weighted by molar-refractivity contribution is -0.147. The third-order valence-electron chi connectivity index (χ3n) is 5.43. The zero-order chi connectivity index (χ0) is 24.2. The van der Waals surface area contributed by atoms with Gasteiger partial charge in [-0.05, 0) is 23.6 Å². The fraction of sp³-hybridized carbons (Fsp3) is 0.304. The molecule has 3 N–H and O–H groups in total. The average molecular weight is 461 g/mol. The maximum atomic E-state index is 13.6. The molecule has 1 aliphatic rings. The van der Waals surface area contributed by atoms with Gasteiger partial charge in [-0.15, -0.1) is 0 Å². The molecule has 1 fully saturated rings. The van der Waals surface area contributed by atoms with Gasteiger partial charge in [0.05, 0.1) is 5.56 Å². The van der Waals surface area contributed by atoms with Crippen LogP contribution in [0, 0.1) is 0 Å². The minimum atomic E-state index is -4.70. The van der Waals surface area contributed by atoms with Gasteiger partial charge in [-0.25, -0.2) is 0 Å². The van der Waals surface area contributed by atoms with Crippen molar-refractivity contribution < 1.29 is 32.3 Å². The average Bonchev–Trinajstić information content (AvgIpc) is 3.21. The maximum Gasteiger partial charge on any atom is 0.416 e. The summed E-state index contributed by atoms with van der Waals surface area (Å²) in [5.74, 6) is -3.56. The first kappa shape index (κ1) is 24.0. The summed E-state index contributed by atoms with van der Waals surface area (Å²) in [5.41, 5.74) is 4.58. The second-order valence-corrected chi connectivity index (χ2v) is 7.71. The Morgan fingerprint density at radius 3 is 2.27 bits per heavy atom. The van der Waals surface area contributed by atoms with Crippen LogP contribution in [0.2, 0.25) is 0 Å². The molecule has 0 aliphatic carbocycles. The number of hydrogen-bond acceptors (Lipinski definition) is 4. The Kier molecular flexibility index (Phi) is 7.15. The van der Waals surface area contributed by atoms with Crippen molar-refractivity contribution in [3.05, 3.63) is 71.3 Å². The van der Waals surface area contributed by atoms with Crippen molar-refractivity contribution in [1.29, 1.82) is 0 Å². The fourth-order valence-corrected chi connectivity index (χ4v) is 3.81. The van der Waals surface area contributed by atoms with Crippen LogP contribution in [-0.4, -0.2) is 40.5 Å². The van der Waals surface area contributed by atoms with Gasteiger partial charge in [0.2, 0.25) is 17.6 Å². The number of nitrogens with one attached hydrogen (secondary N) is 1. The lowest BCUT2D eigenvalue weighted by atomic mass is 9.97. The molecule has 174 valence electrons. The molecule has 3 amide bonds. The first-order valence-electron chi connectivity index (χ1n) is 10.2. The number of alkyl halides is 3. The zero-order valence-electron chi connectivity index (χ0n) is 17.5. The Morgan fingerprint density at radius 2 is 1.70 bits per heavy atom.